The van der Waals surface area contributed by atoms with Crippen molar-refractivity contribution in [2.75, 3.05) is 6.54 Å². The first-order valence-corrected chi connectivity index (χ1v) is 10.7. The lowest BCUT2D eigenvalue weighted by Crippen LogP contribution is -2.32. The van der Waals surface area contributed by atoms with Crippen LogP contribution in [0.5, 0.6) is 0 Å². The topological polar surface area (TPSA) is 68.0 Å². The molecule has 1 fully saturated rings. The highest BCUT2D eigenvalue weighted by Crippen LogP contribution is 2.41. The Kier molecular flexibility index (Phi) is 6.88. The van der Waals surface area contributed by atoms with Gasteiger partial charge in [-0.05, 0) is 60.3 Å². The van der Waals surface area contributed by atoms with Crippen molar-refractivity contribution in [2.45, 2.75) is 59.8 Å². The van der Waals surface area contributed by atoms with Gasteiger partial charge in [0.1, 0.15) is 0 Å². The summed E-state index contributed by atoms with van der Waals surface area (Å²) in [5.41, 5.74) is 2.18. The Labute approximate surface area is 174 Å². The Hall–Kier alpha value is -2.43. The van der Waals surface area contributed by atoms with Gasteiger partial charge >= 0.3 is 0 Å². The molecule has 1 aliphatic rings. The van der Waals surface area contributed by atoms with Gasteiger partial charge in [0, 0.05) is 24.6 Å². The predicted octanol–water partition coefficient (Wildman–Crippen LogP) is 5.28. The second-order valence-electron chi connectivity index (χ2n) is 9.23. The van der Waals surface area contributed by atoms with Crippen LogP contribution in [0.3, 0.4) is 0 Å². The van der Waals surface area contributed by atoms with E-state index in [1.807, 2.05) is 30.3 Å². The van der Waals surface area contributed by atoms with Gasteiger partial charge < -0.3 is 9.84 Å². The van der Waals surface area contributed by atoms with Gasteiger partial charge in [0.15, 0.2) is 5.82 Å². The van der Waals surface area contributed by atoms with E-state index in [1.165, 1.54) is 19.3 Å². The first-order chi connectivity index (χ1) is 13.8. The van der Waals surface area contributed by atoms with Crippen LogP contribution in [0.4, 0.5) is 0 Å². The lowest BCUT2D eigenvalue weighted by molar-refractivity contribution is -0.116. The maximum Gasteiger partial charge on any atom is 0.257 e. The van der Waals surface area contributed by atoms with E-state index in [9.17, 15) is 4.79 Å². The fourth-order valence-corrected chi connectivity index (χ4v) is 3.86. The second-order valence-corrected chi connectivity index (χ2v) is 9.23. The normalized spacial score (nSPS) is 18.6. The SMILES string of the molecule is CC(C)CCc1noc(-c2ccc(/C=C/C(=O)NCC3CCCC3(C)C)cc2)n1. The molecule has 1 amide bonds. The zero-order valence-electron chi connectivity index (χ0n) is 18.1. The molecule has 1 N–H and O–H groups in total. The van der Waals surface area contributed by atoms with Crippen molar-refractivity contribution in [3.05, 3.63) is 41.7 Å². The summed E-state index contributed by atoms with van der Waals surface area (Å²) in [5.74, 6) is 2.43. The van der Waals surface area contributed by atoms with E-state index in [2.05, 4.69) is 43.2 Å². The van der Waals surface area contributed by atoms with Gasteiger partial charge in [0.2, 0.25) is 5.91 Å². The molecule has 156 valence electrons. The molecule has 0 spiro atoms. The summed E-state index contributed by atoms with van der Waals surface area (Å²) in [4.78, 5) is 16.6. The van der Waals surface area contributed by atoms with Crippen LogP contribution in [0.15, 0.2) is 34.9 Å². The highest BCUT2D eigenvalue weighted by molar-refractivity contribution is 5.91. The summed E-state index contributed by atoms with van der Waals surface area (Å²) in [5, 5.41) is 7.11. The summed E-state index contributed by atoms with van der Waals surface area (Å²) < 4.78 is 5.38. The number of nitrogens with one attached hydrogen (secondary N) is 1. The zero-order valence-corrected chi connectivity index (χ0v) is 18.1. The summed E-state index contributed by atoms with van der Waals surface area (Å²) in [6.45, 7) is 9.72. The molecule has 0 radical (unpaired) electrons. The largest absolute Gasteiger partial charge is 0.352 e. The lowest BCUT2D eigenvalue weighted by atomic mass is 9.82. The van der Waals surface area contributed by atoms with Crippen LogP contribution in [0.2, 0.25) is 0 Å². The first-order valence-electron chi connectivity index (χ1n) is 10.7. The molecule has 0 bridgehead atoms. The molecular weight excluding hydrogens is 362 g/mol. The smallest absolute Gasteiger partial charge is 0.257 e. The number of aryl methyl sites for hydroxylation is 1. The molecule has 3 rings (SSSR count). The Morgan fingerprint density at radius 3 is 2.72 bits per heavy atom. The van der Waals surface area contributed by atoms with Gasteiger partial charge in [-0.15, -0.1) is 0 Å². The third-order valence-corrected chi connectivity index (χ3v) is 6.00. The van der Waals surface area contributed by atoms with Crippen LogP contribution in [0, 0.1) is 17.3 Å². The molecule has 1 saturated carbocycles. The molecular formula is C24H33N3O2. The molecule has 5 nitrogen and oxygen atoms in total. The number of hydrogen-bond acceptors (Lipinski definition) is 4. The zero-order chi connectivity index (χ0) is 20.9. The van der Waals surface area contributed by atoms with Gasteiger partial charge in [-0.1, -0.05) is 51.4 Å². The van der Waals surface area contributed by atoms with Crippen molar-refractivity contribution in [3.8, 4) is 11.5 Å². The van der Waals surface area contributed by atoms with E-state index in [-0.39, 0.29) is 5.91 Å². The first kappa shape index (κ1) is 21.3. The van der Waals surface area contributed by atoms with Gasteiger partial charge in [-0.2, -0.15) is 4.98 Å². The van der Waals surface area contributed by atoms with Gasteiger partial charge in [0.25, 0.3) is 5.89 Å². The van der Waals surface area contributed by atoms with Gasteiger partial charge in [-0.3, -0.25) is 4.79 Å². The lowest BCUT2D eigenvalue weighted by Gasteiger charge is -2.26. The van der Waals surface area contributed by atoms with Crippen LogP contribution >= 0.6 is 0 Å². The van der Waals surface area contributed by atoms with Crippen LogP contribution < -0.4 is 5.32 Å². The Morgan fingerprint density at radius 2 is 2.07 bits per heavy atom. The van der Waals surface area contributed by atoms with Crippen LogP contribution in [0.1, 0.15) is 64.8 Å². The average Bonchev–Trinajstić information content (AvgIpc) is 3.29. The van der Waals surface area contributed by atoms with E-state index >= 15 is 0 Å². The summed E-state index contributed by atoms with van der Waals surface area (Å²) in [6, 6.07) is 7.80. The van der Waals surface area contributed by atoms with Crippen molar-refractivity contribution in [2.24, 2.45) is 17.3 Å². The summed E-state index contributed by atoms with van der Waals surface area (Å²) in [6.07, 6.45) is 9.02. The number of benzene rings is 1. The number of aromatic nitrogens is 2. The highest BCUT2D eigenvalue weighted by atomic mass is 16.5. The minimum absolute atomic E-state index is 0.0385. The molecule has 5 heteroatoms. The minimum atomic E-state index is -0.0385. The minimum Gasteiger partial charge on any atom is -0.352 e. The Morgan fingerprint density at radius 1 is 1.31 bits per heavy atom. The fraction of sp³-hybridized carbons (Fsp3) is 0.542. The molecule has 29 heavy (non-hydrogen) atoms. The molecule has 0 aliphatic heterocycles. The molecule has 1 heterocycles. The van der Waals surface area contributed by atoms with E-state index in [0.29, 0.717) is 23.1 Å². The van der Waals surface area contributed by atoms with E-state index < -0.39 is 0 Å². The Bertz CT molecular complexity index is 834. The number of rotatable bonds is 8. The number of carbonyl (C=O) groups excluding carboxylic acids is 1. The number of amides is 1. The molecule has 1 atom stereocenters. The maximum absolute atomic E-state index is 12.2. The van der Waals surface area contributed by atoms with Crippen molar-refractivity contribution in [1.29, 1.82) is 0 Å². The second kappa shape index (κ2) is 9.38. The van der Waals surface area contributed by atoms with Crippen LogP contribution in [0.25, 0.3) is 17.5 Å². The summed E-state index contributed by atoms with van der Waals surface area (Å²) in [7, 11) is 0. The quantitative estimate of drug-likeness (QED) is 0.617. The van der Waals surface area contributed by atoms with E-state index in [1.54, 1.807) is 6.08 Å². The van der Waals surface area contributed by atoms with Crippen molar-refractivity contribution >= 4 is 12.0 Å². The van der Waals surface area contributed by atoms with Crippen LogP contribution in [-0.2, 0) is 11.2 Å². The monoisotopic (exact) mass is 395 g/mol. The fourth-order valence-electron chi connectivity index (χ4n) is 3.86. The number of nitrogens with zero attached hydrogens (tertiary/aromatic N) is 2. The van der Waals surface area contributed by atoms with Crippen molar-refractivity contribution in [3.63, 3.8) is 0 Å². The van der Waals surface area contributed by atoms with Crippen molar-refractivity contribution in [1.82, 2.24) is 15.5 Å². The third kappa shape index (κ3) is 6.02. The van der Waals surface area contributed by atoms with E-state index in [0.717, 1.165) is 36.3 Å². The maximum atomic E-state index is 12.2. The molecule has 1 aromatic carbocycles. The van der Waals surface area contributed by atoms with Crippen molar-refractivity contribution < 1.29 is 9.32 Å². The highest BCUT2D eigenvalue weighted by Gasteiger charge is 2.34. The van der Waals surface area contributed by atoms with Gasteiger partial charge in [-0.25, -0.2) is 0 Å². The predicted molar refractivity (Wildman–Crippen MR) is 116 cm³/mol. The Balaban J connectivity index is 1.51. The summed E-state index contributed by atoms with van der Waals surface area (Å²) >= 11 is 0. The molecule has 1 aliphatic carbocycles. The standard InChI is InChI=1S/C24H33N3O2/c1-17(2)7-13-21-26-23(29-27-21)19-11-8-18(9-12-19)10-14-22(28)25-16-20-6-5-15-24(20,3)4/h8-12,14,17,20H,5-7,13,15-16H2,1-4H3,(H,25,28)/b14-10+. The molecule has 1 aromatic heterocycles. The molecule has 0 saturated heterocycles. The van der Waals surface area contributed by atoms with Crippen LogP contribution in [-0.4, -0.2) is 22.6 Å². The average molecular weight is 396 g/mol. The van der Waals surface area contributed by atoms with Gasteiger partial charge in [0.05, 0.1) is 0 Å². The molecule has 1 unspecified atom stereocenters. The third-order valence-electron chi connectivity index (χ3n) is 6.00. The van der Waals surface area contributed by atoms with E-state index in [4.69, 9.17) is 4.52 Å². The number of carbonyl (C=O) groups is 1. The number of hydrogen-bond donors (Lipinski definition) is 1. The molecule has 2 aromatic rings.